The Bertz CT molecular complexity index is 493. The van der Waals surface area contributed by atoms with E-state index in [1.807, 2.05) is 30.3 Å². The minimum Gasteiger partial charge on any atom is -0.476 e. The van der Waals surface area contributed by atoms with Crippen LogP contribution in [0.2, 0.25) is 0 Å². The van der Waals surface area contributed by atoms with Crippen molar-refractivity contribution in [3.05, 3.63) is 47.6 Å². The molecule has 0 fully saturated rings. The van der Waals surface area contributed by atoms with Crippen molar-refractivity contribution in [2.75, 3.05) is 6.61 Å². The molecule has 1 aromatic carbocycles. The molecule has 0 bridgehead atoms. The van der Waals surface area contributed by atoms with Crippen molar-refractivity contribution in [2.24, 2.45) is 0 Å². The van der Waals surface area contributed by atoms with Crippen molar-refractivity contribution in [2.45, 2.75) is 13.3 Å². The van der Waals surface area contributed by atoms with Gasteiger partial charge in [-0.05, 0) is 12.5 Å². The number of benzene rings is 1. The van der Waals surface area contributed by atoms with Gasteiger partial charge in [0, 0.05) is 0 Å². The van der Waals surface area contributed by atoms with Gasteiger partial charge in [-0.25, -0.2) is 0 Å². The molecular formula is C12H13N3O2. The lowest BCUT2D eigenvalue weighted by Gasteiger charge is -1.97. The first kappa shape index (κ1) is 11.3. The average Bonchev–Trinajstić information content (AvgIpc) is 2.79. The number of nitrogens with one attached hydrogen (secondary N) is 1. The largest absolute Gasteiger partial charge is 0.476 e. The van der Waals surface area contributed by atoms with E-state index in [4.69, 9.17) is 14.7 Å². The van der Waals surface area contributed by atoms with Crippen molar-refractivity contribution in [3.8, 4) is 0 Å². The molecule has 1 heterocycles. The smallest absolute Gasteiger partial charge is 0.257 e. The summed E-state index contributed by atoms with van der Waals surface area (Å²) in [4.78, 5) is 4.10. The van der Waals surface area contributed by atoms with E-state index in [9.17, 15) is 0 Å². The van der Waals surface area contributed by atoms with Crippen LogP contribution in [-0.2, 0) is 11.2 Å². The second kappa shape index (κ2) is 5.25. The van der Waals surface area contributed by atoms with Gasteiger partial charge in [0.25, 0.3) is 11.7 Å². The maximum atomic E-state index is 7.52. The number of hydrogen-bond acceptors (Lipinski definition) is 5. The molecule has 0 saturated heterocycles. The highest BCUT2D eigenvalue weighted by Crippen LogP contribution is 2.07. The molecule has 5 nitrogen and oxygen atoms in total. The van der Waals surface area contributed by atoms with Gasteiger partial charge in [-0.1, -0.05) is 35.5 Å². The standard InChI is InChI=1S/C12H13N3O2/c1-2-16-11(13)12-14-10(17-15-12)8-9-6-4-3-5-7-9/h3-7,13H,2,8H2,1H3. The number of nitrogens with zero attached hydrogens (tertiary/aromatic N) is 2. The van der Waals surface area contributed by atoms with E-state index < -0.39 is 0 Å². The van der Waals surface area contributed by atoms with E-state index >= 15 is 0 Å². The zero-order valence-corrected chi connectivity index (χ0v) is 9.51. The van der Waals surface area contributed by atoms with Crippen molar-refractivity contribution < 1.29 is 9.26 Å². The molecule has 0 aliphatic heterocycles. The van der Waals surface area contributed by atoms with E-state index in [1.54, 1.807) is 6.92 Å². The minimum atomic E-state index is -0.0597. The number of hydrogen-bond donors (Lipinski definition) is 1. The maximum absolute atomic E-state index is 7.52. The van der Waals surface area contributed by atoms with E-state index in [0.29, 0.717) is 18.9 Å². The summed E-state index contributed by atoms with van der Waals surface area (Å²) in [7, 11) is 0. The van der Waals surface area contributed by atoms with Crippen LogP contribution in [0.25, 0.3) is 0 Å². The van der Waals surface area contributed by atoms with Crippen LogP contribution < -0.4 is 0 Å². The molecule has 0 aliphatic carbocycles. The molecule has 0 amide bonds. The van der Waals surface area contributed by atoms with Crippen LogP contribution in [0.4, 0.5) is 0 Å². The summed E-state index contributed by atoms with van der Waals surface area (Å²) in [5.74, 6) is 0.615. The molecule has 0 atom stereocenters. The molecular weight excluding hydrogens is 218 g/mol. The molecule has 2 aromatic rings. The minimum absolute atomic E-state index is 0.0597. The second-order valence-corrected chi connectivity index (χ2v) is 3.44. The van der Waals surface area contributed by atoms with Gasteiger partial charge >= 0.3 is 0 Å². The topological polar surface area (TPSA) is 72.0 Å². The Balaban J connectivity index is 2.06. The van der Waals surface area contributed by atoms with Crippen LogP contribution in [0.15, 0.2) is 34.9 Å². The molecule has 1 aromatic heterocycles. The predicted octanol–water partition coefficient (Wildman–Crippen LogP) is 2.02. The van der Waals surface area contributed by atoms with E-state index in [-0.39, 0.29) is 11.7 Å². The van der Waals surface area contributed by atoms with Gasteiger partial charge in [0.1, 0.15) is 0 Å². The molecule has 17 heavy (non-hydrogen) atoms. The lowest BCUT2D eigenvalue weighted by molar-refractivity contribution is 0.319. The fourth-order valence-corrected chi connectivity index (χ4v) is 1.40. The third-order valence-electron chi connectivity index (χ3n) is 2.16. The van der Waals surface area contributed by atoms with E-state index in [2.05, 4.69) is 10.1 Å². The first-order valence-corrected chi connectivity index (χ1v) is 5.38. The number of aromatic nitrogens is 2. The molecule has 5 heteroatoms. The highest BCUT2D eigenvalue weighted by Gasteiger charge is 2.12. The Morgan fingerprint density at radius 1 is 1.35 bits per heavy atom. The summed E-state index contributed by atoms with van der Waals surface area (Å²) in [5.41, 5.74) is 1.09. The molecule has 2 rings (SSSR count). The zero-order chi connectivity index (χ0) is 12.1. The van der Waals surface area contributed by atoms with E-state index in [1.165, 1.54) is 0 Å². The molecule has 0 saturated carbocycles. The summed E-state index contributed by atoms with van der Waals surface area (Å²) < 4.78 is 10.0. The van der Waals surface area contributed by atoms with Crippen molar-refractivity contribution in [1.82, 2.24) is 10.1 Å². The third kappa shape index (κ3) is 2.90. The van der Waals surface area contributed by atoms with Crippen LogP contribution in [-0.4, -0.2) is 22.6 Å². The Kier molecular flexibility index (Phi) is 3.49. The lowest BCUT2D eigenvalue weighted by Crippen LogP contribution is -2.06. The van der Waals surface area contributed by atoms with Gasteiger partial charge in [-0.3, -0.25) is 5.41 Å². The first-order chi connectivity index (χ1) is 8.29. The fraction of sp³-hybridized carbons (Fsp3) is 0.250. The Morgan fingerprint density at radius 2 is 2.12 bits per heavy atom. The van der Waals surface area contributed by atoms with Crippen LogP contribution in [0.1, 0.15) is 24.2 Å². The highest BCUT2D eigenvalue weighted by molar-refractivity contribution is 5.87. The molecule has 1 N–H and O–H groups in total. The van der Waals surface area contributed by atoms with Crippen molar-refractivity contribution in [1.29, 1.82) is 5.41 Å². The summed E-state index contributed by atoms with van der Waals surface area (Å²) in [5, 5.41) is 11.2. The summed E-state index contributed by atoms with van der Waals surface area (Å²) >= 11 is 0. The van der Waals surface area contributed by atoms with Crippen LogP contribution in [0, 0.1) is 5.41 Å². The molecule has 0 radical (unpaired) electrons. The number of ether oxygens (including phenoxy) is 1. The predicted molar refractivity (Wildman–Crippen MR) is 62.0 cm³/mol. The van der Waals surface area contributed by atoms with Crippen LogP contribution in [0.5, 0.6) is 0 Å². The molecule has 0 unspecified atom stereocenters. The fourth-order valence-electron chi connectivity index (χ4n) is 1.40. The van der Waals surface area contributed by atoms with Gasteiger partial charge < -0.3 is 9.26 Å². The quantitative estimate of drug-likeness (QED) is 0.645. The van der Waals surface area contributed by atoms with E-state index in [0.717, 1.165) is 5.56 Å². The van der Waals surface area contributed by atoms with Crippen molar-refractivity contribution >= 4 is 5.90 Å². The number of rotatable bonds is 4. The zero-order valence-electron chi connectivity index (χ0n) is 9.51. The Hall–Kier alpha value is -2.17. The molecule has 0 aliphatic rings. The Labute approximate surface area is 98.9 Å². The average molecular weight is 231 g/mol. The second-order valence-electron chi connectivity index (χ2n) is 3.44. The van der Waals surface area contributed by atoms with Crippen LogP contribution in [0.3, 0.4) is 0 Å². The summed E-state index contributed by atoms with van der Waals surface area (Å²) in [6, 6.07) is 9.83. The van der Waals surface area contributed by atoms with Crippen molar-refractivity contribution in [3.63, 3.8) is 0 Å². The normalized spacial score (nSPS) is 10.2. The monoisotopic (exact) mass is 231 g/mol. The summed E-state index contributed by atoms with van der Waals surface area (Å²) in [6.07, 6.45) is 0.563. The molecule has 88 valence electrons. The lowest BCUT2D eigenvalue weighted by atomic mass is 10.1. The molecule has 0 spiro atoms. The SMILES string of the molecule is CCOC(=N)c1noc(Cc2ccccc2)n1. The van der Waals surface area contributed by atoms with Gasteiger partial charge in [0.05, 0.1) is 13.0 Å². The first-order valence-electron chi connectivity index (χ1n) is 5.38. The van der Waals surface area contributed by atoms with Gasteiger partial charge in [-0.15, -0.1) is 0 Å². The van der Waals surface area contributed by atoms with Gasteiger partial charge in [0.2, 0.25) is 5.89 Å². The highest BCUT2D eigenvalue weighted by atomic mass is 16.5. The van der Waals surface area contributed by atoms with Crippen LogP contribution >= 0.6 is 0 Å². The van der Waals surface area contributed by atoms with Gasteiger partial charge in [-0.2, -0.15) is 4.98 Å². The summed E-state index contributed by atoms with van der Waals surface area (Å²) in [6.45, 7) is 2.22. The Morgan fingerprint density at radius 3 is 2.82 bits per heavy atom. The van der Waals surface area contributed by atoms with Gasteiger partial charge in [0.15, 0.2) is 0 Å². The maximum Gasteiger partial charge on any atom is 0.257 e. The third-order valence-corrected chi connectivity index (χ3v) is 2.16.